The fourth-order valence-electron chi connectivity index (χ4n) is 1.40. The molecule has 16 heavy (non-hydrogen) atoms. The molecule has 1 heterocycles. The molecule has 3 heteroatoms. The van der Waals surface area contributed by atoms with Gasteiger partial charge in [-0.2, -0.15) is 5.26 Å². The highest BCUT2D eigenvalue weighted by Crippen LogP contribution is 2.27. The van der Waals surface area contributed by atoms with Crippen molar-refractivity contribution in [2.24, 2.45) is 0 Å². The van der Waals surface area contributed by atoms with Crippen molar-refractivity contribution in [2.45, 2.75) is 39.0 Å². The van der Waals surface area contributed by atoms with Gasteiger partial charge in [-0.15, -0.1) is 0 Å². The maximum Gasteiger partial charge on any atom is 0.138 e. The number of nitriles is 1. The van der Waals surface area contributed by atoms with E-state index in [0.29, 0.717) is 0 Å². The van der Waals surface area contributed by atoms with E-state index in [9.17, 15) is 0 Å². The number of rotatable bonds is 1. The van der Waals surface area contributed by atoms with E-state index >= 15 is 0 Å². The quantitative estimate of drug-likeness (QED) is 0.584. The lowest BCUT2D eigenvalue weighted by Crippen LogP contribution is -1.90. The fourth-order valence-corrected chi connectivity index (χ4v) is 1.84. The number of hydrogen-bond acceptors (Lipinski definition) is 3. The average Bonchev–Trinajstić information content (AvgIpc) is 2.82. The smallest absolute Gasteiger partial charge is 0.138 e. The lowest BCUT2D eigenvalue weighted by Gasteiger charge is -1.99. The van der Waals surface area contributed by atoms with Gasteiger partial charge in [-0.1, -0.05) is 27.7 Å². The molecule has 1 aliphatic rings. The summed E-state index contributed by atoms with van der Waals surface area (Å²) in [7, 11) is 0. The van der Waals surface area contributed by atoms with Crippen molar-refractivity contribution in [3.05, 3.63) is 23.8 Å². The van der Waals surface area contributed by atoms with Gasteiger partial charge >= 0.3 is 0 Å². The van der Waals surface area contributed by atoms with Gasteiger partial charge < -0.3 is 5.32 Å². The van der Waals surface area contributed by atoms with E-state index in [2.05, 4.69) is 16.8 Å². The second-order valence-corrected chi connectivity index (χ2v) is 3.55. The summed E-state index contributed by atoms with van der Waals surface area (Å²) in [5.74, 6) is 0. The summed E-state index contributed by atoms with van der Waals surface area (Å²) in [6.45, 7) is 9.02. The van der Waals surface area contributed by atoms with Crippen LogP contribution in [0.3, 0.4) is 0 Å². The molecule has 88 valence electrons. The van der Waals surface area contributed by atoms with E-state index in [0.717, 1.165) is 17.9 Å². The zero-order valence-corrected chi connectivity index (χ0v) is 11.3. The SMILES string of the molecule is CC.CC.N#CSc1ccc2c(c1)CCN2. The van der Waals surface area contributed by atoms with E-state index in [4.69, 9.17) is 5.26 Å². The van der Waals surface area contributed by atoms with Crippen molar-refractivity contribution in [3.8, 4) is 5.40 Å². The predicted molar refractivity (Wildman–Crippen MR) is 72.8 cm³/mol. The minimum atomic E-state index is 1.02. The van der Waals surface area contributed by atoms with Crippen LogP contribution in [0.1, 0.15) is 33.3 Å². The van der Waals surface area contributed by atoms with E-state index in [1.165, 1.54) is 23.0 Å². The van der Waals surface area contributed by atoms with Crippen molar-refractivity contribution in [3.63, 3.8) is 0 Å². The largest absolute Gasteiger partial charge is 0.384 e. The molecule has 0 saturated heterocycles. The van der Waals surface area contributed by atoms with Crippen molar-refractivity contribution < 1.29 is 0 Å². The van der Waals surface area contributed by atoms with Crippen LogP contribution < -0.4 is 5.32 Å². The van der Waals surface area contributed by atoms with Gasteiger partial charge in [0.25, 0.3) is 0 Å². The van der Waals surface area contributed by atoms with Gasteiger partial charge in [0.1, 0.15) is 5.40 Å². The summed E-state index contributed by atoms with van der Waals surface area (Å²) in [5, 5.41) is 13.8. The highest BCUT2D eigenvalue weighted by molar-refractivity contribution is 8.03. The molecule has 0 aliphatic carbocycles. The first-order valence-corrected chi connectivity index (χ1v) is 6.64. The zero-order chi connectivity index (χ0) is 12.4. The molecule has 1 aromatic carbocycles. The first-order chi connectivity index (χ1) is 7.90. The van der Waals surface area contributed by atoms with Crippen LogP contribution in [0.2, 0.25) is 0 Å². The number of thioether (sulfide) groups is 1. The summed E-state index contributed by atoms with van der Waals surface area (Å²) in [6, 6.07) is 6.11. The Morgan fingerprint density at radius 3 is 2.56 bits per heavy atom. The van der Waals surface area contributed by atoms with Gasteiger partial charge in [0.05, 0.1) is 0 Å². The number of hydrogen-bond donors (Lipinski definition) is 1. The monoisotopic (exact) mass is 236 g/mol. The molecule has 0 bridgehead atoms. The van der Waals surface area contributed by atoms with E-state index < -0.39 is 0 Å². The first kappa shape index (κ1) is 14.9. The van der Waals surface area contributed by atoms with Crippen LogP contribution in [0.5, 0.6) is 0 Å². The molecule has 0 amide bonds. The lowest BCUT2D eigenvalue weighted by atomic mass is 10.2. The average molecular weight is 236 g/mol. The molecule has 0 atom stereocenters. The van der Waals surface area contributed by atoms with Crippen LogP contribution in [-0.4, -0.2) is 6.54 Å². The second-order valence-electron chi connectivity index (χ2n) is 2.69. The molecule has 0 spiro atoms. The Labute approximate surface area is 103 Å². The van der Waals surface area contributed by atoms with Gasteiger partial charge in [0, 0.05) is 17.1 Å². The van der Waals surface area contributed by atoms with Crippen LogP contribution in [0.15, 0.2) is 23.1 Å². The van der Waals surface area contributed by atoms with Crippen LogP contribution in [0, 0.1) is 10.7 Å². The molecule has 2 rings (SSSR count). The molecule has 0 unspecified atom stereocenters. The standard InChI is InChI=1S/C9H8N2S.2C2H6/c10-6-12-8-1-2-9-7(5-8)3-4-11-9;2*1-2/h1-2,5,11H,3-4H2;2*1-2H3. The number of benzene rings is 1. The van der Waals surface area contributed by atoms with Crippen LogP contribution in [-0.2, 0) is 6.42 Å². The molecule has 0 saturated carbocycles. The Kier molecular flexibility index (Phi) is 8.46. The highest BCUT2D eigenvalue weighted by Gasteiger charge is 2.09. The van der Waals surface area contributed by atoms with E-state index in [-0.39, 0.29) is 0 Å². The van der Waals surface area contributed by atoms with Crippen molar-refractivity contribution >= 4 is 17.4 Å². The minimum absolute atomic E-state index is 1.02. The molecule has 1 aromatic rings. The summed E-state index contributed by atoms with van der Waals surface area (Å²) in [5.41, 5.74) is 2.55. The Bertz CT molecular complexity index is 342. The normalized spacial score (nSPS) is 10.7. The Hall–Kier alpha value is -1.14. The molecule has 1 aliphatic heterocycles. The lowest BCUT2D eigenvalue weighted by molar-refractivity contribution is 1.10. The van der Waals surface area contributed by atoms with E-state index in [1.54, 1.807) is 0 Å². The third-order valence-corrected chi connectivity index (χ3v) is 2.53. The summed E-state index contributed by atoms with van der Waals surface area (Å²) >= 11 is 1.22. The molecular weight excluding hydrogens is 216 g/mol. The highest BCUT2D eigenvalue weighted by atomic mass is 32.2. The maximum atomic E-state index is 8.47. The third kappa shape index (κ3) is 4.16. The van der Waals surface area contributed by atoms with Crippen molar-refractivity contribution in [1.82, 2.24) is 0 Å². The van der Waals surface area contributed by atoms with Gasteiger partial charge in [0.2, 0.25) is 0 Å². The van der Waals surface area contributed by atoms with Crippen molar-refractivity contribution in [1.29, 1.82) is 5.26 Å². The number of nitrogens with one attached hydrogen (secondary N) is 1. The third-order valence-electron chi connectivity index (χ3n) is 1.95. The fraction of sp³-hybridized carbons (Fsp3) is 0.462. The van der Waals surface area contributed by atoms with Gasteiger partial charge in [-0.3, -0.25) is 0 Å². The molecule has 0 radical (unpaired) electrons. The molecule has 2 nitrogen and oxygen atoms in total. The van der Waals surface area contributed by atoms with Crippen LogP contribution >= 0.6 is 11.8 Å². The molecular formula is C13H20N2S. The molecule has 1 N–H and O–H groups in total. The molecule has 0 fully saturated rings. The zero-order valence-electron chi connectivity index (χ0n) is 10.5. The van der Waals surface area contributed by atoms with Crippen LogP contribution in [0.4, 0.5) is 5.69 Å². The Morgan fingerprint density at radius 1 is 1.25 bits per heavy atom. The van der Waals surface area contributed by atoms with Crippen molar-refractivity contribution in [2.75, 3.05) is 11.9 Å². The van der Waals surface area contributed by atoms with Gasteiger partial charge in [0.15, 0.2) is 0 Å². The van der Waals surface area contributed by atoms with E-state index in [1.807, 2.05) is 39.8 Å². The van der Waals surface area contributed by atoms with Gasteiger partial charge in [-0.25, -0.2) is 0 Å². The predicted octanol–water partition coefficient (Wildman–Crippen LogP) is 4.28. The molecule has 0 aromatic heterocycles. The maximum absolute atomic E-state index is 8.47. The minimum Gasteiger partial charge on any atom is -0.384 e. The first-order valence-electron chi connectivity index (χ1n) is 5.83. The summed E-state index contributed by atoms with van der Waals surface area (Å²) in [6.07, 6.45) is 1.08. The summed E-state index contributed by atoms with van der Waals surface area (Å²) < 4.78 is 0. The number of fused-ring (bicyclic) bond motifs is 1. The number of anilines is 1. The van der Waals surface area contributed by atoms with Gasteiger partial charge in [-0.05, 0) is 41.9 Å². The Balaban J connectivity index is 0.000000509. The van der Waals surface area contributed by atoms with Crippen LogP contribution in [0.25, 0.3) is 0 Å². The summed E-state index contributed by atoms with van der Waals surface area (Å²) in [4.78, 5) is 1.04. The topological polar surface area (TPSA) is 35.8 Å². The Morgan fingerprint density at radius 2 is 1.94 bits per heavy atom. The number of thiocyanates is 1. The second kappa shape index (κ2) is 9.11. The number of nitrogens with zero attached hydrogens (tertiary/aromatic N) is 1.